The highest BCUT2D eigenvalue weighted by Gasteiger charge is 2.27. The molecule has 0 spiro atoms. The van der Waals surface area contributed by atoms with Crippen LogP contribution in [0.3, 0.4) is 0 Å². The lowest BCUT2D eigenvalue weighted by Crippen LogP contribution is -2.46. The molecule has 2 aromatic carbocycles. The first-order valence-electron chi connectivity index (χ1n) is 11.0. The van der Waals surface area contributed by atoms with Gasteiger partial charge in [-0.25, -0.2) is 0 Å². The van der Waals surface area contributed by atoms with Gasteiger partial charge in [0.1, 0.15) is 0 Å². The van der Waals surface area contributed by atoms with Crippen LogP contribution in [0.5, 0.6) is 0 Å². The number of rotatable bonds is 6. The van der Waals surface area contributed by atoms with E-state index in [0.717, 1.165) is 49.3 Å². The van der Waals surface area contributed by atoms with E-state index >= 15 is 0 Å². The minimum absolute atomic E-state index is 0.0949. The molecule has 0 atom stereocenters. The monoisotopic (exact) mass is 419 g/mol. The number of piperidine rings is 1. The molecule has 1 fully saturated rings. The van der Waals surface area contributed by atoms with E-state index in [1.54, 1.807) is 12.2 Å². The van der Waals surface area contributed by atoms with Crippen LogP contribution in [0.4, 0.5) is 5.69 Å². The number of hydrogen-bond donors (Lipinski definition) is 2. The molecule has 1 heterocycles. The molecule has 1 aliphatic heterocycles. The van der Waals surface area contributed by atoms with Gasteiger partial charge in [-0.15, -0.1) is 0 Å². The van der Waals surface area contributed by atoms with Gasteiger partial charge in [-0.2, -0.15) is 0 Å². The molecule has 0 unspecified atom stereocenters. The van der Waals surface area contributed by atoms with Gasteiger partial charge in [0.25, 0.3) is 0 Å². The summed E-state index contributed by atoms with van der Waals surface area (Å²) in [4.78, 5) is 27.0. The maximum absolute atomic E-state index is 12.4. The Labute approximate surface area is 185 Å². The topological polar surface area (TPSA) is 61.4 Å². The van der Waals surface area contributed by atoms with Gasteiger partial charge in [0.2, 0.25) is 11.8 Å². The first-order valence-corrected chi connectivity index (χ1v) is 11.0. The highest BCUT2D eigenvalue weighted by Crippen LogP contribution is 2.21. The van der Waals surface area contributed by atoms with Crippen molar-refractivity contribution in [1.29, 1.82) is 0 Å². The van der Waals surface area contributed by atoms with Crippen molar-refractivity contribution < 1.29 is 9.59 Å². The van der Waals surface area contributed by atoms with Crippen LogP contribution < -0.4 is 10.6 Å². The number of anilines is 1. The third kappa shape index (κ3) is 7.68. The largest absolute Gasteiger partial charge is 0.351 e. The Morgan fingerprint density at radius 1 is 1.03 bits per heavy atom. The highest BCUT2D eigenvalue weighted by atomic mass is 16.2. The second-order valence-corrected chi connectivity index (χ2v) is 9.22. The fourth-order valence-corrected chi connectivity index (χ4v) is 3.75. The zero-order valence-electron chi connectivity index (χ0n) is 18.7. The van der Waals surface area contributed by atoms with Crippen LogP contribution >= 0.6 is 0 Å². The van der Waals surface area contributed by atoms with Gasteiger partial charge in [0.05, 0.1) is 0 Å². The average Bonchev–Trinajstić information content (AvgIpc) is 2.72. The minimum atomic E-state index is -0.185. The minimum Gasteiger partial charge on any atom is -0.351 e. The molecule has 0 saturated carbocycles. The molecule has 1 saturated heterocycles. The number of nitrogens with one attached hydrogen (secondary N) is 2. The normalized spacial score (nSPS) is 15.7. The van der Waals surface area contributed by atoms with Gasteiger partial charge < -0.3 is 10.6 Å². The average molecular weight is 420 g/mol. The Bertz CT molecular complexity index is 908. The molecule has 0 radical (unpaired) electrons. The number of likely N-dealkylation sites (tertiary alicyclic amines) is 1. The summed E-state index contributed by atoms with van der Waals surface area (Å²) in [6.07, 6.45) is 5.11. The molecular formula is C26H33N3O2. The summed E-state index contributed by atoms with van der Waals surface area (Å²) in [6, 6.07) is 17.7. The molecule has 2 N–H and O–H groups in total. The van der Waals surface area contributed by atoms with Crippen molar-refractivity contribution in [2.45, 2.75) is 45.7 Å². The number of carbonyl (C=O) groups excluding carboxylic acids is 2. The fraction of sp³-hybridized carbons (Fsp3) is 0.385. The van der Waals surface area contributed by atoms with E-state index in [-0.39, 0.29) is 23.3 Å². The quantitative estimate of drug-likeness (QED) is 0.680. The van der Waals surface area contributed by atoms with Crippen molar-refractivity contribution in [3.05, 3.63) is 71.8 Å². The van der Waals surface area contributed by atoms with Gasteiger partial charge >= 0.3 is 0 Å². The van der Waals surface area contributed by atoms with E-state index in [9.17, 15) is 9.59 Å². The summed E-state index contributed by atoms with van der Waals surface area (Å²) in [7, 11) is 0. The Kier molecular flexibility index (Phi) is 7.64. The summed E-state index contributed by atoms with van der Waals surface area (Å²) >= 11 is 0. The maximum atomic E-state index is 12.4. The fourth-order valence-electron chi connectivity index (χ4n) is 3.75. The number of hydrogen-bond acceptors (Lipinski definition) is 3. The zero-order valence-corrected chi connectivity index (χ0v) is 18.7. The lowest BCUT2D eigenvalue weighted by Gasteiger charge is -2.33. The molecular weight excluding hydrogens is 386 g/mol. The third-order valence-corrected chi connectivity index (χ3v) is 5.28. The zero-order chi connectivity index (χ0) is 22.3. The van der Waals surface area contributed by atoms with Crippen LogP contribution in [0.25, 0.3) is 6.08 Å². The summed E-state index contributed by atoms with van der Waals surface area (Å²) in [5.74, 6) is 0.115. The predicted octanol–water partition coefficient (Wildman–Crippen LogP) is 4.47. The van der Waals surface area contributed by atoms with Gasteiger partial charge in [0.15, 0.2) is 0 Å². The molecule has 0 aliphatic carbocycles. The van der Waals surface area contributed by atoms with E-state index < -0.39 is 0 Å². The third-order valence-electron chi connectivity index (χ3n) is 5.28. The van der Waals surface area contributed by atoms with Crippen molar-refractivity contribution in [1.82, 2.24) is 10.2 Å². The first-order chi connectivity index (χ1) is 14.8. The lowest BCUT2D eigenvalue weighted by molar-refractivity contribution is -0.128. The van der Waals surface area contributed by atoms with Crippen molar-refractivity contribution in [3.8, 4) is 0 Å². The summed E-state index contributed by atoms with van der Waals surface area (Å²) < 4.78 is 0. The molecule has 3 rings (SSSR count). The summed E-state index contributed by atoms with van der Waals surface area (Å²) in [5, 5.41) is 6.03. The Morgan fingerprint density at radius 3 is 2.42 bits per heavy atom. The van der Waals surface area contributed by atoms with E-state index in [4.69, 9.17) is 0 Å². The predicted molar refractivity (Wildman–Crippen MR) is 126 cm³/mol. The Hall–Kier alpha value is -2.92. The molecule has 0 aromatic heterocycles. The molecule has 0 bridgehead atoms. The van der Waals surface area contributed by atoms with Gasteiger partial charge in [-0.1, -0.05) is 42.5 Å². The van der Waals surface area contributed by atoms with Crippen molar-refractivity contribution >= 4 is 23.6 Å². The lowest BCUT2D eigenvalue weighted by atomic mass is 9.94. The van der Waals surface area contributed by atoms with E-state index in [0.29, 0.717) is 0 Å². The smallest absolute Gasteiger partial charge is 0.248 e. The van der Waals surface area contributed by atoms with Crippen LogP contribution in [-0.2, 0) is 16.1 Å². The SMILES string of the molecule is CC(C)(C)NC(=O)C1CCN(Cc2cccc(NC(=O)/C=C/c3ccccc3)c2)CC1. The second kappa shape index (κ2) is 10.4. The molecule has 5 nitrogen and oxygen atoms in total. The van der Waals surface area contributed by atoms with E-state index in [1.807, 2.05) is 69.3 Å². The summed E-state index contributed by atoms with van der Waals surface area (Å²) in [5.41, 5.74) is 2.75. The standard InChI is InChI=1S/C26H33N3O2/c1-26(2,3)28-25(31)22-14-16-29(17-15-22)19-21-10-7-11-23(18-21)27-24(30)13-12-20-8-5-4-6-9-20/h4-13,18,22H,14-17,19H2,1-3H3,(H,27,30)(H,28,31)/b13-12+. The number of carbonyl (C=O) groups is 2. The van der Waals surface area contributed by atoms with Crippen LogP contribution in [0.2, 0.25) is 0 Å². The van der Waals surface area contributed by atoms with Crippen LogP contribution in [0, 0.1) is 5.92 Å². The number of benzene rings is 2. The van der Waals surface area contributed by atoms with E-state index in [1.165, 1.54) is 0 Å². The highest BCUT2D eigenvalue weighted by molar-refractivity contribution is 6.01. The number of nitrogens with zero attached hydrogens (tertiary/aromatic N) is 1. The maximum Gasteiger partial charge on any atom is 0.248 e. The van der Waals surface area contributed by atoms with Gasteiger partial charge in [-0.3, -0.25) is 14.5 Å². The summed E-state index contributed by atoms with van der Waals surface area (Å²) in [6.45, 7) is 8.67. The Morgan fingerprint density at radius 2 is 1.74 bits per heavy atom. The van der Waals surface area contributed by atoms with Crippen LogP contribution in [0.1, 0.15) is 44.7 Å². The number of amides is 2. The van der Waals surface area contributed by atoms with Crippen molar-refractivity contribution in [3.63, 3.8) is 0 Å². The first kappa shape index (κ1) is 22.8. The van der Waals surface area contributed by atoms with Gasteiger partial charge in [-0.05, 0) is 76.0 Å². The van der Waals surface area contributed by atoms with Crippen molar-refractivity contribution in [2.24, 2.45) is 5.92 Å². The van der Waals surface area contributed by atoms with E-state index in [2.05, 4.69) is 21.6 Å². The van der Waals surface area contributed by atoms with Crippen molar-refractivity contribution in [2.75, 3.05) is 18.4 Å². The van der Waals surface area contributed by atoms with Crippen LogP contribution in [-0.4, -0.2) is 35.3 Å². The van der Waals surface area contributed by atoms with Gasteiger partial charge in [0, 0.05) is 29.8 Å². The molecule has 164 valence electrons. The molecule has 2 amide bonds. The molecule has 31 heavy (non-hydrogen) atoms. The Balaban J connectivity index is 1.49. The van der Waals surface area contributed by atoms with Crippen LogP contribution in [0.15, 0.2) is 60.7 Å². The molecule has 1 aliphatic rings. The second-order valence-electron chi connectivity index (χ2n) is 9.22. The molecule has 2 aromatic rings. The molecule has 5 heteroatoms.